The van der Waals surface area contributed by atoms with Crippen molar-refractivity contribution in [1.82, 2.24) is 0 Å². The van der Waals surface area contributed by atoms with Crippen LogP contribution in [0.25, 0.3) is 11.1 Å². The van der Waals surface area contributed by atoms with Gasteiger partial charge in [-0.3, -0.25) is 0 Å². The van der Waals surface area contributed by atoms with Crippen LogP contribution in [0.15, 0.2) is 40.9 Å². The second kappa shape index (κ2) is 5.27. The average molecular weight is 317 g/mol. The molecule has 1 aliphatic heterocycles. The zero-order chi connectivity index (χ0) is 13.2. The fraction of sp³-hybridized carbons (Fsp3) is 0.188. The molecule has 96 valence electrons. The molecule has 2 aromatic rings. The van der Waals surface area contributed by atoms with Crippen LogP contribution in [0.3, 0.4) is 0 Å². The number of fused-ring (bicyclic) bond motifs is 3. The van der Waals surface area contributed by atoms with Crippen LogP contribution in [0.5, 0.6) is 0 Å². The van der Waals surface area contributed by atoms with Gasteiger partial charge in [0.15, 0.2) is 0 Å². The SMILES string of the molecule is O=CCc1cccc2c1-c1ccc(Br)cc1COC2. The highest BCUT2D eigenvalue weighted by Crippen LogP contribution is 2.35. The molecule has 0 spiro atoms. The van der Waals surface area contributed by atoms with Gasteiger partial charge in [-0.2, -0.15) is 0 Å². The maximum absolute atomic E-state index is 10.9. The van der Waals surface area contributed by atoms with Crippen molar-refractivity contribution in [3.8, 4) is 11.1 Å². The molecule has 2 aromatic carbocycles. The van der Waals surface area contributed by atoms with E-state index in [1.807, 2.05) is 18.2 Å². The van der Waals surface area contributed by atoms with Gasteiger partial charge in [-0.05, 0) is 39.9 Å². The highest BCUT2D eigenvalue weighted by Gasteiger charge is 2.17. The van der Waals surface area contributed by atoms with Crippen LogP contribution >= 0.6 is 15.9 Å². The normalized spacial score (nSPS) is 13.3. The molecule has 0 radical (unpaired) electrons. The summed E-state index contributed by atoms with van der Waals surface area (Å²) < 4.78 is 6.77. The molecule has 0 unspecified atom stereocenters. The average Bonchev–Trinajstić information content (AvgIpc) is 2.58. The Hall–Kier alpha value is -1.45. The van der Waals surface area contributed by atoms with Crippen LogP contribution in [-0.4, -0.2) is 6.29 Å². The minimum absolute atomic E-state index is 0.443. The van der Waals surface area contributed by atoms with Gasteiger partial charge in [0.05, 0.1) is 13.2 Å². The highest BCUT2D eigenvalue weighted by atomic mass is 79.9. The topological polar surface area (TPSA) is 26.3 Å². The highest BCUT2D eigenvalue weighted by molar-refractivity contribution is 9.10. The molecule has 0 aliphatic carbocycles. The third kappa shape index (κ3) is 2.36. The second-order valence-corrected chi connectivity index (χ2v) is 5.53. The van der Waals surface area contributed by atoms with Gasteiger partial charge in [0.1, 0.15) is 6.29 Å². The quantitative estimate of drug-likeness (QED) is 0.786. The van der Waals surface area contributed by atoms with Crippen molar-refractivity contribution in [3.05, 3.63) is 57.6 Å². The fourth-order valence-corrected chi connectivity index (χ4v) is 2.98. The van der Waals surface area contributed by atoms with Crippen LogP contribution in [0.2, 0.25) is 0 Å². The third-order valence-corrected chi connectivity index (χ3v) is 3.89. The first-order valence-corrected chi connectivity index (χ1v) is 7.00. The maximum Gasteiger partial charge on any atom is 0.124 e. The Morgan fingerprint density at radius 1 is 1.16 bits per heavy atom. The van der Waals surface area contributed by atoms with E-state index in [4.69, 9.17) is 4.74 Å². The zero-order valence-electron chi connectivity index (χ0n) is 10.4. The van der Waals surface area contributed by atoms with Crippen molar-refractivity contribution in [2.45, 2.75) is 19.6 Å². The Bertz CT molecular complexity index is 635. The summed E-state index contributed by atoms with van der Waals surface area (Å²) in [6.45, 7) is 1.19. The summed E-state index contributed by atoms with van der Waals surface area (Å²) in [5, 5.41) is 0. The molecule has 0 bridgehead atoms. The number of aldehydes is 1. The van der Waals surface area contributed by atoms with E-state index in [2.05, 4.69) is 34.1 Å². The first kappa shape index (κ1) is 12.6. The lowest BCUT2D eigenvalue weighted by Crippen LogP contribution is -1.96. The van der Waals surface area contributed by atoms with Gasteiger partial charge >= 0.3 is 0 Å². The minimum atomic E-state index is 0.443. The van der Waals surface area contributed by atoms with Crippen LogP contribution in [0.1, 0.15) is 16.7 Å². The Balaban J connectivity index is 2.26. The third-order valence-electron chi connectivity index (χ3n) is 3.39. The summed E-state index contributed by atoms with van der Waals surface area (Å²) >= 11 is 3.49. The molecule has 0 amide bonds. The van der Waals surface area contributed by atoms with Crippen molar-refractivity contribution < 1.29 is 9.53 Å². The van der Waals surface area contributed by atoms with E-state index in [1.165, 1.54) is 5.56 Å². The summed E-state index contributed by atoms with van der Waals surface area (Å²) in [5.41, 5.74) is 5.72. The molecule has 0 aromatic heterocycles. The van der Waals surface area contributed by atoms with Gasteiger partial charge in [0.2, 0.25) is 0 Å². The lowest BCUT2D eigenvalue weighted by molar-refractivity contribution is -0.107. The summed E-state index contributed by atoms with van der Waals surface area (Å²) in [4.78, 5) is 10.9. The van der Waals surface area contributed by atoms with Crippen molar-refractivity contribution >= 4 is 22.2 Å². The number of benzene rings is 2. The zero-order valence-corrected chi connectivity index (χ0v) is 11.9. The van der Waals surface area contributed by atoms with Crippen molar-refractivity contribution in [3.63, 3.8) is 0 Å². The van der Waals surface area contributed by atoms with E-state index in [9.17, 15) is 4.79 Å². The lowest BCUT2D eigenvalue weighted by atomic mass is 9.91. The Labute approximate surface area is 120 Å². The van der Waals surface area contributed by atoms with Gasteiger partial charge in [0.25, 0.3) is 0 Å². The molecule has 19 heavy (non-hydrogen) atoms. The molecule has 3 heteroatoms. The van der Waals surface area contributed by atoms with E-state index in [1.54, 1.807) is 0 Å². The van der Waals surface area contributed by atoms with E-state index >= 15 is 0 Å². The standard InChI is InChI=1S/C16H13BrO2/c17-14-4-5-15-13(8-14)10-19-9-12-3-1-2-11(6-7-18)16(12)15/h1-5,7-8H,6,9-10H2. The number of halogens is 1. The summed E-state index contributed by atoms with van der Waals surface area (Å²) in [7, 11) is 0. The van der Waals surface area contributed by atoms with E-state index in [0.29, 0.717) is 19.6 Å². The fourth-order valence-electron chi connectivity index (χ4n) is 2.58. The monoisotopic (exact) mass is 316 g/mol. The number of hydrogen-bond acceptors (Lipinski definition) is 2. The first-order chi connectivity index (χ1) is 9.29. The van der Waals surface area contributed by atoms with Crippen molar-refractivity contribution in [2.75, 3.05) is 0 Å². The molecule has 0 saturated carbocycles. The van der Waals surface area contributed by atoms with E-state index in [0.717, 1.165) is 33.0 Å². The van der Waals surface area contributed by atoms with Crippen LogP contribution in [-0.2, 0) is 29.2 Å². The largest absolute Gasteiger partial charge is 0.372 e. The van der Waals surface area contributed by atoms with E-state index in [-0.39, 0.29) is 0 Å². The molecular formula is C16H13BrO2. The molecular weight excluding hydrogens is 304 g/mol. The van der Waals surface area contributed by atoms with Gasteiger partial charge in [-0.25, -0.2) is 0 Å². The van der Waals surface area contributed by atoms with Gasteiger partial charge in [-0.15, -0.1) is 0 Å². The molecule has 1 aliphatic rings. The predicted octanol–water partition coefficient (Wildman–Crippen LogP) is 3.89. The second-order valence-electron chi connectivity index (χ2n) is 4.62. The first-order valence-electron chi connectivity index (χ1n) is 6.20. The van der Waals surface area contributed by atoms with Crippen LogP contribution < -0.4 is 0 Å². The van der Waals surface area contributed by atoms with Gasteiger partial charge in [-0.1, -0.05) is 40.2 Å². The molecule has 0 atom stereocenters. The van der Waals surface area contributed by atoms with Crippen LogP contribution in [0, 0.1) is 0 Å². The Morgan fingerprint density at radius 3 is 2.84 bits per heavy atom. The Morgan fingerprint density at radius 2 is 2.00 bits per heavy atom. The number of hydrogen-bond donors (Lipinski definition) is 0. The number of carbonyl (C=O) groups is 1. The summed E-state index contributed by atoms with van der Waals surface area (Å²) in [5.74, 6) is 0. The summed E-state index contributed by atoms with van der Waals surface area (Å²) in [6.07, 6.45) is 1.40. The van der Waals surface area contributed by atoms with Crippen molar-refractivity contribution in [1.29, 1.82) is 0 Å². The number of carbonyl (C=O) groups excluding carboxylic acids is 1. The molecule has 1 heterocycles. The molecule has 0 fully saturated rings. The smallest absolute Gasteiger partial charge is 0.124 e. The number of rotatable bonds is 2. The number of ether oxygens (including phenoxy) is 1. The molecule has 3 rings (SSSR count). The van der Waals surface area contributed by atoms with Gasteiger partial charge < -0.3 is 9.53 Å². The predicted molar refractivity (Wildman–Crippen MR) is 77.8 cm³/mol. The van der Waals surface area contributed by atoms with Gasteiger partial charge in [0, 0.05) is 10.9 Å². The van der Waals surface area contributed by atoms with E-state index < -0.39 is 0 Å². The summed E-state index contributed by atoms with van der Waals surface area (Å²) in [6, 6.07) is 12.3. The molecule has 0 N–H and O–H groups in total. The maximum atomic E-state index is 10.9. The molecule has 2 nitrogen and oxygen atoms in total. The van der Waals surface area contributed by atoms with Crippen LogP contribution in [0.4, 0.5) is 0 Å². The van der Waals surface area contributed by atoms with Crippen molar-refractivity contribution in [2.24, 2.45) is 0 Å². The lowest BCUT2D eigenvalue weighted by Gasteiger charge is -2.13. The minimum Gasteiger partial charge on any atom is -0.372 e. The molecule has 0 saturated heterocycles. The Kier molecular flexibility index (Phi) is 3.49.